The number of likely N-dealkylation sites (tertiary alicyclic amines) is 2. The smallest absolute Gasteiger partial charge is 0.255 e. The molecule has 0 saturated carbocycles. The summed E-state index contributed by atoms with van der Waals surface area (Å²) in [4.78, 5) is 32.8. The van der Waals surface area contributed by atoms with Gasteiger partial charge in [0.1, 0.15) is 5.82 Å². The molecule has 2 fully saturated rings. The minimum atomic E-state index is 0.0617. The van der Waals surface area contributed by atoms with Crippen molar-refractivity contribution < 1.29 is 9.59 Å². The van der Waals surface area contributed by atoms with E-state index in [9.17, 15) is 9.59 Å². The van der Waals surface area contributed by atoms with Crippen LogP contribution in [0.2, 0.25) is 0 Å². The Hall–Kier alpha value is -2.11. The van der Waals surface area contributed by atoms with E-state index in [1.54, 1.807) is 6.20 Å². The normalized spacial score (nSPS) is 19.4. The molecule has 0 aromatic carbocycles. The number of carbonyl (C=O) groups is 2. The second kappa shape index (κ2) is 9.20. The molecule has 0 bridgehead atoms. The largest absolute Gasteiger partial charge is 0.370 e. The number of anilines is 1. The van der Waals surface area contributed by atoms with E-state index in [1.807, 2.05) is 21.9 Å². The van der Waals surface area contributed by atoms with Gasteiger partial charge in [0, 0.05) is 45.3 Å². The SMILES string of the molecule is CCC(C)CNc1ccc(C(=O)N2CCC(CN3CCCC3=O)CC2)cn1. The van der Waals surface area contributed by atoms with Gasteiger partial charge in [-0.1, -0.05) is 20.3 Å². The van der Waals surface area contributed by atoms with Crippen molar-refractivity contribution in [1.29, 1.82) is 0 Å². The minimum Gasteiger partial charge on any atom is -0.370 e. The number of pyridine rings is 1. The van der Waals surface area contributed by atoms with Gasteiger partial charge in [-0.15, -0.1) is 0 Å². The van der Waals surface area contributed by atoms with Crippen molar-refractivity contribution in [2.24, 2.45) is 11.8 Å². The Morgan fingerprint density at radius 1 is 1.30 bits per heavy atom. The summed E-state index contributed by atoms with van der Waals surface area (Å²) < 4.78 is 0. The van der Waals surface area contributed by atoms with E-state index in [0.29, 0.717) is 29.7 Å². The first-order chi connectivity index (χ1) is 13.1. The molecule has 3 heterocycles. The molecule has 2 amide bonds. The molecule has 2 saturated heterocycles. The Kier molecular flexibility index (Phi) is 6.69. The molecule has 1 N–H and O–H groups in total. The van der Waals surface area contributed by atoms with Crippen molar-refractivity contribution in [2.75, 3.05) is 38.0 Å². The first kappa shape index (κ1) is 19.6. The third-order valence-corrected chi connectivity index (χ3v) is 5.89. The van der Waals surface area contributed by atoms with Crippen molar-refractivity contribution in [3.63, 3.8) is 0 Å². The van der Waals surface area contributed by atoms with Crippen LogP contribution in [0.4, 0.5) is 5.82 Å². The molecule has 27 heavy (non-hydrogen) atoms. The zero-order valence-electron chi connectivity index (χ0n) is 16.6. The molecule has 1 aromatic rings. The lowest BCUT2D eigenvalue weighted by Gasteiger charge is -2.34. The molecule has 148 valence electrons. The van der Waals surface area contributed by atoms with Crippen LogP contribution in [0.15, 0.2) is 18.3 Å². The molecule has 0 radical (unpaired) electrons. The monoisotopic (exact) mass is 372 g/mol. The standard InChI is InChI=1S/C21H32N4O2/c1-3-16(2)13-22-19-7-6-18(14-23-19)21(27)24-11-8-17(9-12-24)15-25-10-4-5-20(25)26/h6-7,14,16-17H,3-5,8-13,15H2,1-2H3,(H,22,23). The van der Waals surface area contributed by atoms with Crippen molar-refractivity contribution in [1.82, 2.24) is 14.8 Å². The van der Waals surface area contributed by atoms with Gasteiger partial charge < -0.3 is 15.1 Å². The maximum absolute atomic E-state index is 12.7. The van der Waals surface area contributed by atoms with Gasteiger partial charge >= 0.3 is 0 Å². The summed E-state index contributed by atoms with van der Waals surface area (Å²) in [5.74, 6) is 2.29. The molecule has 1 aromatic heterocycles. The van der Waals surface area contributed by atoms with E-state index in [4.69, 9.17) is 0 Å². The van der Waals surface area contributed by atoms with Crippen LogP contribution in [-0.2, 0) is 4.79 Å². The van der Waals surface area contributed by atoms with Crippen LogP contribution in [0, 0.1) is 11.8 Å². The minimum absolute atomic E-state index is 0.0617. The Bertz CT molecular complexity index is 638. The van der Waals surface area contributed by atoms with Crippen LogP contribution in [0.25, 0.3) is 0 Å². The van der Waals surface area contributed by atoms with E-state index in [0.717, 1.165) is 64.2 Å². The predicted molar refractivity (Wildman–Crippen MR) is 107 cm³/mol. The summed E-state index contributed by atoms with van der Waals surface area (Å²) in [6.45, 7) is 8.56. The maximum atomic E-state index is 12.7. The van der Waals surface area contributed by atoms with Gasteiger partial charge in [-0.05, 0) is 43.2 Å². The fourth-order valence-electron chi connectivity index (χ4n) is 3.76. The van der Waals surface area contributed by atoms with Crippen LogP contribution in [0.5, 0.6) is 0 Å². The number of hydrogen-bond acceptors (Lipinski definition) is 4. The van der Waals surface area contributed by atoms with E-state index >= 15 is 0 Å². The van der Waals surface area contributed by atoms with E-state index in [-0.39, 0.29) is 5.91 Å². The van der Waals surface area contributed by atoms with Crippen LogP contribution in [0.1, 0.15) is 56.3 Å². The molecule has 1 unspecified atom stereocenters. The number of nitrogens with one attached hydrogen (secondary N) is 1. The molecule has 0 spiro atoms. The molecule has 3 rings (SSSR count). The van der Waals surface area contributed by atoms with Gasteiger partial charge in [-0.2, -0.15) is 0 Å². The summed E-state index contributed by atoms with van der Waals surface area (Å²) >= 11 is 0. The lowest BCUT2D eigenvalue weighted by Crippen LogP contribution is -2.41. The van der Waals surface area contributed by atoms with Crippen molar-refractivity contribution >= 4 is 17.6 Å². The fraction of sp³-hybridized carbons (Fsp3) is 0.667. The van der Waals surface area contributed by atoms with Gasteiger partial charge in [-0.25, -0.2) is 4.98 Å². The molecule has 2 aliphatic heterocycles. The molecular weight excluding hydrogens is 340 g/mol. The zero-order chi connectivity index (χ0) is 19.2. The van der Waals surface area contributed by atoms with Gasteiger partial charge in [0.05, 0.1) is 5.56 Å². The van der Waals surface area contributed by atoms with Gasteiger partial charge in [0.2, 0.25) is 5.91 Å². The van der Waals surface area contributed by atoms with E-state index in [1.165, 1.54) is 0 Å². The van der Waals surface area contributed by atoms with E-state index in [2.05, 4.69) is 24.1 Å². The molecular formula is C21H32N4O2. The number of hydrogen-bond donors (Lipinski definition) is 1. The highest BCUT2D eigenvalue weighted by Crippen LogP contribution is 2.22. The highest BCUT2D eigenvalue weighted by Gasteiger charge is 2.28. The lowest BCUT2D eigenvalue weighted by atomic mass is 9.96. The summed E-state index contributed by atoms with van der Waals surface area (Å²) in [6, 6.07) is 3.75. The predicted octanol–water partition coefficient (Wildman–Crippen LogP) is 3.01. The van der Waals surface area contributed by atoms with Crippen molar-refractivity contribution in [3.8, 4) is 0 Å². The first-order valence-corrected chi connectivity index (χ1v) is 10.3. The Labute approximate surface area is 162 Å². The first-order valence-electron chi connectivity index (χ1n) is 10.3. The highest BCUT2D eigenvalue weighted by molar-refractivity contribution is 5.94. The third-order valence-electron chi connectivity index (χ3n) is 5.89. The third kappa shape index (κ3) is 5.21. The average molecular weight is 373 g/mol. The van der Waals surface area contributed by atoms with Crippen molar-refractivity contribution in [3.05, 3.63) is 23.9 Å². The Balaban J connectivity index is 1.46. The maximum Gasteiger partial charge on any atom is 0.255 e. The molecule has 2 aliphatic rings. The number of carbonyl (C=O) groups excluding carboxylic acids is 2. The molecule has 0 aliphatic carbocycles. The summed E-state index contributed by atoms with van der Waals surface area (Å²) in [5.41, 5.74) is 0.650. The number of aromatic nitrogens is 1. The van der Waals surface area contributed by atoms with Gasteiger partial charge in [-0.3, -0.25) is 9.59 Å². The van der Waals surface area contributed by atoms with Crippen LogP contribution in [-0.4, -0.2) is 59.3 Å². The second-order valence-electron chi connectivity index (χ2n) is 8.01. The number of rotatable bonds is 7. The highest BCUT2D eigenvalue weighted by atomic mass is 16.2. The molecule has 6 nitrogen and oxygen atoms in total. The van der Waals surface area contributed by atoms with Crippen molar-refractivity contribution in [2.45, 2.75) is 46.0 Å². The quantitative estimate of drug-likeness (QED) is 0.799. The lowest BCUT2D eigenvalue weighted by molar-refractivity contribution is -0.128. The average Bonchev–Trinajstić information content (AvgIpc) is 3.11. The zero-order valence-corrected chi connectivity index (χ0v) is 16.6. The molecule has 6 heteroatoms. The summed E-state index contributed by atoms with van der Waals surface area (Å²) in [5, 5.41) is 3.32. The Morgan fingerprint density at radius 2 is 2.07 bits per heavy atom. The molecule has 1 atom stereocenters. The number of nitrogens with zero attached hydrogens (tertiary/aromatic N) is 3. The van der Waals surface area contributed by atoms with Crippen LogP contribution >= 0.6 is 0 Å². The fourth-order valence-corrected chi connectivity index (χ4v) is 3.76. The number of amides is 2. The van der Waals surface area contributed by atoms with Crippen LogP contribution < -0.4 is 5.32 Å². The second-order valence-corrected chi connectivity index (χ2v) is 8.01. The summed E-state index contributed by atoms with van der Waals surface area (Å²) in [6.07, 6.45) is 6.44. The number of piperidine rings is 1. The topological polar surface area (TPSA) is 65.5 Å². The van der Waals surface area contributed by atoms with Gasteiger partial charge in [0.15, 0.2) is 0 Å². The van der Waals surface area contributed by atoms with Gasteiger partial charge in [0.25, 0.3) is 5.91 Å². The van der Waals surface area contributed by atoms with Crippen LogP contribution in [0.3, 0.4) is 0 Å². The Morgan fingerprint density at radius 3 is 2.67 bits per heavy atom. The summed E-state index contributed by atoms with van der Waals surface area (Å²) in [7, 11) is 0. The van der Waals surface area contributed by atoms with E-state index < -0.39 is 0 Å².